The average Bonchev–Trinajstić information content (AvgIpc) is 2.94. The molecule has 1 fully saturated rings. The quantitative estimate of drug-likeness (QED) is 0.741. The van der Waals surface area contributed by atoms with Crippen molar-refractivity contribution in [3.05, 3.63) is 21.9 Å². The summed E-state index contributed by atoms with van der Waals surface area (Å²) in [5, 5.41) is 2.00. The number of ketones is 1. The van der Waals surface area contributed by atoms with Gasteiger partial charge in [-0.05, 0) is 55.5 Å². The van der Waals surface area contributed by atoms with E-state index >= 15 is 0 Å². The zero-order valence-corrected chi connectivity index (χ0v) is 12.6. The molecule has 1 heterocycles. The Bertz CT molecular complexity index is 520. The number of hydrogen-bond donors (Lipinski definition) is 0. The topological polar surface area (TPSA) is 17.1 Å². The van der Waals surface area contributed by atoms with E-state index in [9.17, 15) is 18.0 Å². The van der Waals surface area contributed by atoms with Gasteiger partial charge in [0.2, 0.25) is 0 Å². The first-order valence-corrected chi connectivity index (χ1v) is 8.51. The number of halogens is 3. The Morgan fingerprint density at radius 2 is 2.00 bits per heavy atom. The van der Waals surface area contributed by atoms with Crippen molar-refractivity contribution < 1.29 is 18.0 Å². The lowest BCUT2D eigenvalue weighted by Gasteiger charge is -2.32. The predicted octanol–water partition coefficient (Wildman–Crippen LogP) is 5.11. The third-order valence-corrected chi connectivity index (χ3v) is 5.93. The highest BCUT2D eigenvalue weighted by molar-refractivity contribution is 7.10. The van der Waals surface area contributed by atoms with E-state index in [2.05, 4.69) is 0 Å². The van der Waals surface area contributed by atoms with Gasteiger partial charge in [-0.1, -0.05) is 6.42 Å². The molecule has 21 heavy (non-hydrogen) atoms. The van der Waals surface area contributed by atoms with Crippen LogP contribution in [0.3, 0.4) is 0 Å². The van der Waals surface area contributed by atoms with E-state index in [4.69, 9.17) is 0 Å². The van der Waals surface area contributed by atoms with Gasteiger partial charge in [0.05, 0.1) is 5.92 Å². The molecule has 2 aliphatic carbocycles. The first-order chi connectivity index (χ1) is 9.97. The Labute approximate surface area is 126 Å². The molecule has 116 valence electrons. The number of thiophene rings is 1. The fraction of sp³-hybridized carbons (Fsp3) is 0.688. The van der Waals surface area contributed by atoms with Crippen molar-refractivity contribution in [3.8, 4) is 0 Å². The molecule has 2 aliphatic rings. The van der Waals surface area contributed by atoms with Crippen molar-refractivity contribution in [2.45, 2.75) is 57.0 Å². The Balaban J connectivity index is 1.74. The van der Waals surface area contributed by atoms with E-state index in [1.165, 1.54) is 4.88 Å². The van der Waals surface area contributed by atoms with Crippen LogP contribution in [-0.4, -0.2) is 12.0 Å². The molecule has 5 heteroatoms. The highest BCUT2D eigenvalue weighted by Gasteiger charge is 2.44. The minimum Gasteiger partial charge on any atom is -0.299 e. The highest BCUT2D eigenvalue weighted by Crippen LogP contribution is 2.44. The summed E-state index contributed by atoms with van der Waals surface area (Å²) in [7, 11) is 0. The van der Waals surface area contributed by atoms with Crippen LogP contribution in [0.4, 0.5) is 13.2 Å². The van der Waals surface area contributed by atoms with Gasteiger partial charge < -0.3 is 0 Å². The standard InChI is InChI=1S/C16H19F3OS/c17-16(18,19)11-4-1-3-10(9-11)15(20)13-5-2-6-14-12(13)7-8-21-14/h7-8,10-11,13H,1-6,9H2. The molecule has 0 N–H and O–H groups in total. The minimum absolute atomic E-state index is 0.00168. The summed E-state index contributed by atoms with van der Waals surface area (Å²) in [6, 6.07) is 1.99. The molecular weight excluding hydrogens is 297 g/mol. The summed E-state index contributed by atoms with van der Waals surface area (Å²) in [6.45, 7) is 0. The van der Waals surface area contributed by atoms with Crippen LogP contribution < -0.4 is 0 Å². The van der Waals surface area contributed by atoms with Crippen LogP contribution in [0.25, 0.3) is 0 Å². The molecule has 1 aromatic rings. The maximum atomic E-state index is 12.9. The van der Waals surface area contributed by atoms with E-state index in [0.717, 1.165) is 24.8 Å². The molecule has 0 aromatic carbocycles. The molecule has 0 saturated heterocycles. The highest BCUT2D eigenvalue weighted by atomic mass is 32.1. The van der Waals surface area contributed by atoms with Crippen molar-refractivity contribution in [1.29, 1.82) is 0 Å². The van der Waals surface area contributed by atoms with Gasteiger partial charge >= 0.3 is 6.18 Å². The molecule has 0 aliphatic heterocycles. The summed E-state index contributed by atoms with van der Waals surface area (Å²) < 4.78 is 38.7. The third-order valence-electron chi connectivity index (χ3n) is 4.93. The molecule has 1 nitrogen and oxygen atoms in total. The van der Waals surface area contributed by atoms with Crippen molar-refractivity contribution in [3.63, 3.8) is 0 Å². The number of Topliss-reactive ketones (excluding diaryl/α,β-unsaturated/α-hetero) is 1. The van der Waals surface area contributed by atoms with Gasteiger partial charge in [0, 0.05) is 16.7 Å². The van der Waals surface area contributed by atoms with Gasteiger partial charge in [-0.15, -0.1) is 11.3 Å². The molecular formula is C16H19F3OS. The minimum atomic E-state index is -4.15. The lowest BCUT2D eigenvalue weighted by Crippen LogP contribution is -2.34. The van der Waals surface area contributed by atoms with Gasteiger partial charge in [-0.25, -0.2) is 0 Å². The Morgan fingerprint density at radius 1 is 1.19 bits per heavy atom. The average molecular weight is 316 g/mol. The lowest BCUT2D eigenvalue weighted by atomic mass is 9.73. The molecule has 0 spiro atoms. The maximum Gasteiger partial charge on any atom is 0.391 e. The van der Waals surface area contributed by atoms with Crippen LogP contribution in [0.2, 0.25) is 0 Å². The van der Waals surface area contributed by atoms with Gasteiger partial charge in [0.25, 0.3) is 0 Å². The van der Waals surface area contributed by atoms with Crippen molar-refractivity contribution >= 4 is 17.1 Å². The van der Waals surface area contributed by atoms with Gasteiger partial charge in [-0.2, -0.15) is 13.2 Å². The lowest BCUT2D eigenvalue weighted by molar-refractivity contribution is -0.186. The van der Waals surface area contributed by atoms with Crippen molar-refractivity contribution in [2.75, 3.05) is 0 Å². The first kappa shape index (κ1) is 15.1. The fourth-order valence-corrected chi connectivity index (χ4v) is 4.80. The van der Waals surface area contributed by atoms with Gasteiger partial charge in [-0.3, -0.25) is 4.79 Å². The normalized spacial score (nSPS) is 30.0. The second-order valence-electron chi connectivity index (χ2n) is 6.25. The summed E-state index contributed by atoms with van der Waals surface area (Å²) in [5.74, 6) is -1.78. The summed E-state index contributed by atoms with van der Waals surface area (Å²) in [5.41, 5.74) is 1.09. The van der Waals surface area contributed by atoms with Gasteiger partial charge in [0.15, 0.2) is 0 Å². The first-order valence-electron chi connectivity index (χ1n) is 7.63. The van der Waals surface area contributed by atoms with Crippen LogP contribution in [0.5, 0.6) is 0 Å². The van der Waals surface area contributed by atoms with Crippen LogP contribution in [-0.2, 0) is 11.2 Å². The Hall–Kier alpha value is -0.840. The summed E-state index contributed by atoms with van der Waals surface area (Å²) >= 11 is 1.67. The molecule has 0 radical (unpaired) electrons. The SMILES string of the molecule is O=C(C1CCCC(C(F)(F)F)C1)C1CCCc2sccc21. The Morgan fingerprint density at radius 3 is 2.76 bits per heavy atom. The van der Waals surface area contributed by atoms with E-state index in [-0.39, 0.29) is 24.5 Å². The number of fused-ring (bicyclic) bond motifs is 1. The maximum absolute atomic E-state index is 12.9. The van der Waals surface area contributed by atoms with Crippen LogP contribution in [0, 0.1) is 11.8 Å². The molecule has 1 saturated carbocycles. The molecule has 1 aromatic heterocycles. The largest absolute Gasteiger partial charge is 0.391 e. The number of carbonyl (C=O) groups is 1. The smallest absolute Gasteiger partial charge is 0.299 e. The van der Waals surface area contributed by atoms with E-state index in [0.29, 0.717) is 12.8 Å². The predicted molar refractivity (Wildman–Crippen MR) is 76.5 cm³/mol. The van der Waals surface area contributed by atoms with Crippen molar-refractivity contribution in [2.24, 2.45) is 11.8 Å². The number of alkyl halides is 3. The summed E-state index contributed by atoms with van der Waals surface area (Å²) in [4.78, 5) is 14.0. The Kier molecular flexibility index (Phi) is 4.12. The monoisotopic (exact) mass is 316 g/mol. The molecule has 3 atom stereocenters. The van der Waals surface area contributed by atoms with Crippen LogP contribution in [0.1, 0.15) is 54.9 Å². The van der Waals surface area contributed by atoms with Crippen LogP contribution in [0.15, 0.2) is 11.4 Å². The third kappa shape index (κ3) is 3.03. The number of hydrogen-bond acceptors (Lipinski definition) is 2. The van der Waals surface area contributed by atoms with Crippen molar-refractivity contribution in [1.82, 2.24) is 0 Å². The second kappa shape index (κ2) is 5.75. The van der Waals surface area contributed by atoms with Gasteiger partial charge in [0.1, 0.15) is 5.78 Å². The molecule has 0 bridgehead atoms. The number of rotatable bonds is 2. The molecule has 3 rings (SSSR count). The fourth-order valence-electron chi connectivity index (χ4n) is 3.81. The van der Waals surface area contributed by atoms with Crippen LogP contribution >= 0.6 is 11.3 Å². The molecule has 0 amide bonds. The summed E-state index contributed by atoms with van der Waals surface area (Å²) in [6.07, 6.45) is -0.0497. The zero-order valence-electron chi connectivity index (χ0n) is 11.8. The van der Waals surface area contributed by atoms with E-state index in [1.807, 2.05) is 11.4 Å². The number of aryl methyl sites for hydroxylation is 1. The second-order valence-corrected chi connectivity index (χ2v) is 7.25. The number of carbonyl (C=O) groups excluding carboxylic acids is 1. The van der Waals surface area contributed by atoms with E-state index < -0.39 is 18.0 Å². The zero-order chi connectivity index (χ0) is 15.0. The van der Waals surface area contributed by atoms with E-state index in [1.54, 1.807) is 11.3 Å². The molecule has 3 unspecified atom stereocenters.